The number of hydrogen-bond donors (Lipinski definition) is 1. The van der Waals surface area contributed by atoms with Crippen molar-refractivity contribution in [3.8, 4) is 17.1 Å². The molecule has 1 amide bonds. The maximum Gasteiger partial charge on any atom is 0.274 e. The Morgan fingerprint density at radius 3 is 2.74 bits per heavy atom. The van der Waals surface area contributed by atoms with Gasteiger partial charge in [0.1, 0.15) is 5.69 Å². The average molecular weight is 407 g/mol. The van der Waals surface area contributed by atoms with E-state index in [4.69, 9.17) is 21.8 Å². The van der Waals surface area contributed by atoms with Gasteiger partial charge in [0.05, 0.1) is 12.0 Å². The summed E-state index contributed by atoms with van der Waals surface area (Å²) >= 11 is 5.99. The van der Waals surface area contributed by atoms with Crippen molar-refractivity contribution in [1.82, 2.24) is 14.7 Å². The number of furan rings is 1. The zero-order chi connectivity index (χ0) is 18.1. The van der Waals surface area contributed by atoms with E-state index >= 15 is 0 Å². The first-order valence-corrected chi connectivity index (χ1v) is 8.96. The van der Waals surface area contributed by atoms with Crippen molar-refractivity contribution in [2.45, 2.75) is 18.9 Å². The quantitative estimate of drug-likeness (QED) is 0.714. The lowest BCUT2D eigenvalue weighted by Gasteiger charge is -2.22. The third-order valence-electron chi connectivity index (χ3n) is 4.68. The summed E-state index contributed by atoms with van der Waals surface area (Å²) in [5, 5.41) is 5.20. The van der Waals surface area contributed by atoms with Crippen molar-refractivity contribution >= 4 is 29.9 Å². The van der Waals surface area contributed by atoms with Gasteiger partial charge >= 0.3 is 0 Å². The van der Waals surface area contributed by atoms with E-state index < -0.39 is 0 Å². The topological polar surface area (TPSA) is 77.3 Å². The number of amides is 1. The van der Waals surface area contributed by atoms with Crippen LogP contribution in [0.3, 0.4) is 0 Å². The van der Waals surface area contributed by atoms with Crippen molar-refractivity contribution in [3.05, 3.63) is 59.4 Å². The van der Waals surface area contributed by atoms with Gasteiger partial charge in [0.2, 0.25) is 0 Å². The average Bonchev–Trinajstić information content (AvgIpc) is 3.40. The predicted molar refractivity (Wildman–Crippen MR) is 107 cm³/mol. The molecular formula is C19H20Cl2N4O2. The van der Waals surface area contributed by atoms with E-state index in [-0.39, 0.29) is 24.4 Å². The number of likely N-dealkylation sites (tertiary alicyclic amines) is 1. The molecule has 4 rings (SSSR count). The Morgan fingerprint density at radius 2 is 2.07 bits per heavy atom. The molecule has 0 spiro atoms. The molecule has 1 aliphatic heterocycles. The molecule has 2 N–H and O–H groups in total. The van der Waals surface area contributed by atoms with E-state index in [9.17, 15) is 4.79 Å². The molecule has 142 valence electrons. The Labute approximate surface area is 168 Å². The Balaban J connectivity index is 0.00000210. The van der Waals surface area contributed by atoms with Gasteiger partial charge in [0, 0.05) is 30.2 Å². The lowest BCUT2D eigenvalue weighted by Crippen LogP contribution is -2.40. The number of benzene rings is 1. The summed E-state index contributed by atoms with van der Waals surface area (Å²) in [6.45, 7) is 1.18. The molecule has 2 aromatic heterocycles. The van der Waals surface area contributed by atoms with Crippen molar-refractivity contribution in [3.63, 3.8) is 0 Å². The van der Waals surface area contributed by atoms with Crippen molar-refractivity contribution < 1.29 is 9.21 Å². The molecule has 6 nitrogen and oxygen atoms in total. The van der Waals surface area contributed by atoms with Crippen LogP contribution in [0.5, 0.6) is 0 Å². The van der Waals surface area contributed by atoms with E-state index in [1.165, 1.54) is 0 Å². The summed E-state index contributed by atoms with van der Waals surface area (Å²) in [6, 6.07) is 12.8. The molecule has 1 fully saturated rings. The van der Waals surface area contributed by atoms with Crippen LogP contribution in [0.1, 0.15) is 23.3 Å². The fourth-order valence-corrected chi connectivity index (χ4v) is 3.49. The second-order valence-corrected chi connectivity index (χ2v) is 6.75. The smallest absolute Gasteiger partial charge is 0.274 e. The molecule has 1 saturated heterocycles. The normalized spacial score (nSPS) is 16.4. The number of carbonyl (C=O) groups is 1. The molecular weight excluding hydrogens is 387 g/mol. The van der Waals surface area contributed by atoms with Gasteiger partial charge in [-0.15, -0.1) is 12.4 Å². The number of nitrogens with zero attached hydrogens (tertiary/aromatic N) is 3. The first-order valence-electron chi connectivity index (χ1n) is 8.58. The Hall–Kier alpha value is -2.28. The van der Waals surface area contributed by atoms with Crippen LogP contribution in [0.15, 0.2) is 53.1 Å². The van der Waals surface area contributed by atoms with Crippen LogP contribution >= 0.6 is 24.0 Å². The van der Waals surface area contributed by atoms with Gasteiger partial charge in [-0.05, 0) is 49.2 Å². The highest BCUT2D eigenvalue weighted by Crippen LogP contribution is 2.27. The standard InChI is InChI=1S/C19H19ClN4O2.ClH/c20-13-5-7-14(8-6-13)24-17(18-4-2-10-26-18)11-16(22-24)19(25)23-9-1-3-15(23)12-21;/h2,4-8,10-11,15H,1,3,9,12,21H2;1H. The van der Waals surface area contributed by atoms with Crippen LogP contribution in [0, 0.1) is 0 Å². The van der Waals surface area contributed by atoms with Gasteiger partial charge in [-0.2, -0.15) is 5.10 Å². The van der Waals surface area contributed by atoms with E-state index in [1.807, 2.05) is 23.1 Å². The Kier molecular flexibility index (Phi) is 5.89. The Bertz CT molecular complexity index is 906. The molecule has 3 heterocycles. The highest BCUT2D eigenvalue weighted by atomic mass is 35.5. The van der Waals surface area contributed by atoms with Gasteiger partial charge in [-0.25, -0.2) is 4.68 Å². The zero-order valence-corrected chi connectivity index (χ0v) is 16.1. The number of rotatable bonds is 4. The number of nitrogens with two attached hydrogens (primary N) is 1. The predicted octanol–water partition coefficient (Wildman–Crippen LogP) is 3.77. The van der Waals surface area contributed by atoms with Crippen molar-refractivity contribution in [2.24, 2.45) is 5.73 Å². The van der Waals surface area contributed by atoms with E-state index in [0.717, 1.165) is 18.5 Å². The lowest BCUT2D eigenvalue weighted by atomic mass is 10.2. The fourth-order valence-electron chi connectivity index (χ4n) is 3.36. The summed E-state index contributed by atoms with van der Waals surface area (Å²) in [5.41, 5.74) is 7.71. The minimum Gasteiger partial charge on any atom is -0.463 e. The summed E-state index contributed by atoms with van der Waals surface area (Å²) in [4.78, 5) is 14.8. The van der Waals surface area contributed by atoms with Crippen LogP contribution in [-0.2, 0) is 0 Å². The first kappa shape index (κ1) is 19.5. The van der Waals surface area contributed by atoms with Crippen molar-refractivity contribution in [2.75, 3.05) is 13.1 Å². The zero-order valence-electron chi connectivity index (χ0n) is 14.5. The molecule has 1 aliphatic rings. The second-order valence-electron chi connectivity index (χ2n) is 6.31. The summed E-state index contributed by atoms with van der Waals surface area (Å²) < 4.78 is 7.24. The summed E-state index contributed by atoms with van der Waals surface area (Å²) in [7, 11) is 0. The largest absolute Gasteiger partial charge is 0.463 e. The highest BCUT2D eigenvalue weighted by molar-refractivity contribution is 6.30. The molecule has 0 bridgehead atoms. The van der Waals surface area contributed by atoms with Crippen molar-refractivity contribution in [1.29, 1.82) is 0 Å². The monoisotopic (exact) mass is 406 g/mol. The van der Waals surface area contributed by atoms with Crippen LogP contribution in [-0.4, -0.2) is 39.7 Å². The molecule has 1 aromatic carbocycles. The SMILES string of the molecule is Cl.NCC1CCCN1C(=O)c1cc(-c2ccco2)n(-c2ccc(Cl)cc2)n1. The van der Waals surface area contributed by atoms with E-state index in [1.54, 1.807) is 35.2 Å². The maximum atomic E-state index is 13.0. The number of hydrogen-bond acceptors (Lipinski definition) is 4. The Morgan fingerprint density at radius 1 is 1.30 bits per heavy atom. The lowest BCUT2D eigenvalue weighted by molar-refractivity contribution is 0.0734. The third-order valence-corrected chi connectivity index (χ3v) is 4.94. The molecule has 0 aliphatic carbocycles. The molecule has 0 saturated carbocycles. The minimum absolute atomic E-state index is 0. The number of carbonyl (C=O) groups excluding carboxylic acids is 1. The van der Waals surface area contributed by atoms with Crippen LogP contribution in [0.25, 0.3) is 17.1 Å². The van der Waals surface area contributed by atoms with E-state index in [0.29, 0.717) is 35.3 Å². The molecule has 0 radical (unpaired) electrons. The first-order chi connectivity index (χ1) is 12.7. The highest BCUT2D eigenvalue weighted by Gasteiger charge is 2.30. The van der Waals surface area contributed by atoms with Crippen LogP contribution in [0.2, 0.25) is 5.02 Å². The third kappa shape index (κ3) is 3.74. The van der Waals surface area contributed by atoms with Gasteiger partial charge in [0.15, 0.2) is 11.5 Å². The number of halogens is 2. The maximum absolute atomic E-state index is 13.0. The van der Waals surface area contributed by atoms with E-state index in [2.05, 4.69) is 5.10 Å². The summed E-state index contributed by atoms with van der Waals surface area (Å²) in [6.07, 6.45) is 3.50. The molecule has 3 aromatic rings. The van der Waals surface area contributed by atoms with Gasteiger partial charge in [0.25, 0.3) is 5.91 Å². The van der Waals surface area contributed by atoms with Gasteiger partial charge in [-0.1, -0.05) is 11.6 Å². The summed E-state index contributed by atoms with van der Waals surface area (Å²) in [5.74, 6) is 0.543. The molecule has 1 atom stereocenters. The van der Waals surface area contributed by atoms with Crippen LogP contribution < -0.4 is 5.73 Å². The number of aromatic nitrogens is 2. The fraction of sp³-hybridized carbons (Fsp3) is 0.263. The molecule has 27 heavy (non-hydrogen) atoms. The second kappa shape index (κ2) is 8.17. The van der Waals surface area contributed by atoms with Gasteiger partial charge in [-0.3, -0.25) is 4.79 Å². The van der Waals surface area contributed by atoms with Crippen LogP contribution in [0.4, 0.5) is 0 Å². The van der Waals surface area contributed by atoms with Gasteiger partial charge < -0.3 is 15.1 Å². The minimum atomic E-state index is -0.0986. The molecule has 8 heteroatoms. The molecule has 1 unspecified atom stereocenters.